The normalized spacial score (nSPS) is 14.2. The fraction of sp³-hybridized carbons (Fsp3) is 0.333. The van der Waals surface area contributed by atoms with E-state index in [9.17, 15) is 4.21 Å². The van der Waals surface area contributed by atoms with Gasteiger partial charge in [0.05, 0.1) is 4.75 Å². The summed E-state index contributed by atoms with van der Waals surface area (Å²) in [5.74, 6) is 0. The molecule has 1 aromatic carbocycles. The van der Waals surface area contributed by atoms with E-state index in [1.165, 1.54) is 0 Å². The molecule has 0 saturated heterocycles. The van der Waals surface area contributed by atoms with Crippen molar-refractivity contribution >= 4 is 11.1 Å². The third kappa shape index (κ3) is 1.73. The summed E-state index contributed by atoms with van der Waals surface area (Å²) in [6.45, 7) is 3.50. The summed E-state index contributed by atoms with van der Waals surface area (Å²) in [6, 6.07) is 9.33. The Hall–Kier alpha value is -0.670. The SMILES string of the molecule is CC(C)(c1ccccc1)S(=O)O. The third-order valence-electron chi connectivity index (χ3n) is 1.91. The molecule has 0 fully saturated rings. The minimum atomic E-state index is -1.83. The summed E-state index contributed by atoms with van der Waals surface area (Å²) in [7, 11) is 0. The molecule has 1 aromatic rings. The van der Waals surface area contributed by atoms with E-state index in [4.69, 9.17) is 4.55 Å². The van der Waals surface area contributed by atoms with Crippen LogP contribution in [0.15, 0.2) is 30.3 Å². The first kappa shape index (κ1) is 9.42. The molecule has 0 spiro atoms. The van der Waals surface area contributed by atoms with Crippen LogP contribution >= 0.6 is 0 Å². The molecule has 0 saturated carbocycles. The Bertz CT molecular complexity index is 280. The summed E-state index contributed by atoms with van der Waals surface area (Å²) in [5.41, 5.74) is 0.880. The highest BCUT2D eigenvalue weighted by molar-refractivity contribution is 7.80. The van der Waals surface area contributed by atoms with Gasteiger partial charge in [0, 0.05) is 0 Å². The molecule has 66 valence electrons. The molecule has 0 aliphatic carbocycles. The van der Waals surface area contributed by atoms with Gasteiger partial charge in [-0.2, -0.15) is 0 Å². The van der Waals surface area contributed by atoms with Crippen LogP contribution in [0.4, 0.5) is 0 Å². The maximum absolute atomic E-state index is 10.9. The first-order valence-electron chi connectivity index (χ1n) is 3.71. The van der Waals surface area contributed by atoms with Gasteiger partial charge in [-0.25, -0.2) is 4.21 Å². The molecule has 2 nitrogen and oxygen atoms in total. The van der Waals surface area contributed by atoms with E-state index in [1.54, 1.807) is 13.8 Å². The summed E-state index contributed by atoms with van der Waals surface area (Å²) >= 11 is -1.83. The van der Waals surface area contributed by atoms with E-state index >= 15 is 0 Å². The average molecular weight is 184 g/mol. The third-order valence-corrected chi connectivity index (χ3v) is 3.01. The van der Waals surface area contributed by atoms with Crippen molar-refractivity contribution in [2.45, 2.75) is 18.6 Å². The molecule has 0 bridgehead atoms. The minimum Gasteiger partial charge on any atom is -0.305 e. The van der Waals surface area contributed by atoms with Gasteiger partial charge in [-0.05, 0) is 19.4 Å². The molecule has 1 atom stereocenters. The van der Waals surface area contributed by atoms with Crippen LogP contribution in [-0.2, 0) is 15.8 Å². The Balaban J connectivity index is 3.06. The lowest BCUT2D eigenvalue weighted by atomic mass is 10.0. The summed E-state index contributed by atoms with van der Waals surface area (Å²) in [6.07, 6.45) is 0. The van der Waals surface area contributed by atoms with Gasteiger partial charge in [0.1, 0.15) is 0 Å². The number of hydrogen-bond acceptors (Lipinski definition) is 1. The molecule has 1 unspecified atom stereocenters. The van der Waals surface area contributed by atoms with Crippen LogP contribution in [0.25, 0.3) is 0 Å². The van der Waals surface area contributed by atoms with E-state index < -0.39 is 15.8 Å². The smallest absolute Gasteiger partial charge is 0.163 e. The molecule has 0 aromatic heterocycles. The van der Waals surface area contributed by atoms with E-state index in [1.807, 2.05) is 30.3 Å². The Labute approximate surface area is 74.9 Å². The van der Waals surface area contributed by atoms with Gasteiger partial charge in [-0.3, -0.25) is 0 Å². The van der Waals surface area contributed by atoms with Gasteiger partial charge in [0.15, 0.2) is 11.1 Å². The molecule has 0 radical (unpaired) electrons. The lowest BCUT2D eigenvalue weighted by molar-refractivity contribution is 0.523. The lowest BCUT2D eigenvalue weighted by Crippen LogP contribution is -2.22. The Morgan fingerprint density at radius 3 is 2.17 bits per heavy atom. The van der Waals surface area contributed by atoms with E-state index in [-0.39, 0.29) is 0 Å². The van der Waals surface area contributed by atoms with Crippen molar-refractivity contribution in [1.82, 2.24) is 0 Å². The Morgan fingerprint density at radius 1 is 1.25 bits per heavy atom. The van der Waals surface area contributed by atoms with Crippen LogP contribution in [0, 0.1) is 0 Å². The topological polar surface area (TPSA) is 37.3 Å². The van der Waals surface area contributed by atoms with E-state index in [0.717, 1.165) is 5.56 Å². The number of benzene rings is 1. The fourth-order valence-electron chi connectivity index (χ4n) is 0.940. The van der Waals surface area contributed by atoms with Crippen LogP contribution < -0.4 is 0 Å². The number of hydrogen-bond donors (Lipinski definition) is 1. The molecule has 0 aliphatic rings. The lowest BCUT2D eigenvalue weighted by Gasteiger charge is -2.19. The van der Waals surface area contributed by atoms with Crippen LogP contribution in [0.2, 0.25) is 0 Å². The van der Waals surface area contributed by atoms with Crippen LogP contribution in [0.1, 0.15) is 19.4 Å². The summed E-state index contributed by atoms with van der Waals surface area (Å²) in [4.78, 5) is 0. The quantitative estimate of drug-likeness (QED) is 0.715. The molecule has 0 aliphatic heterocycles. The summed E-state index contributed by atoms with van der Waals surface area (Å²) in [5, 5.41) is 0. The maximum atomic E-state index is 10.9. The zero-order chi connectivity index (χ0) is 9.19. The maximum Gasteiger partial charge on any atom is 0.163 e. The van der Waals surface area contributed by atoms with Crippen LogP contribution in [0.5, 0.6) is 0 Å². The van der Waals surface area contributed by atoms with Gasteiger partial charge in [-0.1, -0.05) is 30.3 Å². The van der Waals surface area contributed by atoms with Crippen molar-refractivity contribution in [3.8, 4) is 0 Å². The standard InChI is InChI=1S/C9H12O2S/c1-9(2,12(10)11)8-6-4-3-5-7-8/h3-7H,1-2H3,(H,10,11). The van der Waals surface area contributed by atoms with E-state index in [2.05, 4.69) is 0 Å². The zero-order valence-electron chi connectivity index (χ0n) is 7.15. The fourth-order valence-corrected chi connectivity index (χ4v) is 1.28. The summed E-state index contributed by atoms with van der Waals surface area (Å²) < 4.78 is 19.3. The van der Waals surface area contributed by atoms with Crippen molar-refractivity contribution in [3.05, 3.63) is 35.9 Å². The van der Waals surface area contributed by atoms with Gasteiger partial charge in [-0.15, -0.1) is 0 Å². The Kier molecular flexibility index (Phi) is 2.65. The second-order valence-corrected chi connectivity index (χ2v) is 4.64. The minimum absolute atomic E-state index is 0.679. The molecule has 12 heavy (non-hydrogen) atoms. The first-order chi connectivity index (χ1) is 5.55. The highest BCUT2D eigenvalue weighted by Gasteiger charge is 2.26. The molecular formula is C9H12O2S. The van der Waals surface area contributed by atoms with Crippen LogP contribution in [-0.4, -0.2) is 8.76 Å². The highest BCUT2D eigenvalue weighted by Crippen LogP contribution is 2.25. The molecule has 3 heteroatoms. The van der Waals surface area contributed by atoms with Crippen molar-refractivity contribution in [2.24, 2.45) is 0 Å². The molecular weight excluding hydrogens is 172 g/mol. The second kappa shape index (κ2) is 3.37. The second-order valence-electron chi connectivity index (χ2n) is 3.13. The van der Waals surface area contributed by atoms with Crippen LogP contribution in [0.3, 0.4) is 0 Å². The van der Waals surface area contributed by atoms with Crippen molar-refractivity contribution in [2.75, 3.05) is 0 Å². The predicted molar refractivity (Wildman–Crippen MR) is 50.2 cm³/mol. The molecule has 1 N–H and O–H groups in total. The van der Waals surface area contributed by atoms with Gasteiger partial charge in [0.2, 0.25) is 0 Å². The Morgan fingerprint density at radius 2 is 1.75 bits per heavy atom. The molecule has 0 amide bonds. The molecule has 0 heterocycles. The van der Waals surface area contributed by atoms with Gasteiger partial charge < -0.3 is 4.55 Å². The predicted octanol–water partition coefficient (Wildman–Crippen LogP) is 2.14. The van der Waals surface area contributed by atoms with Gasteiger partial charge >= 0.3 is 0 Å². The number of rotatable bonds is 2. The zero-order valence-corrected chi connectivity index (χ0v) is 7.97. The van der Waals surface area contributed by atoms with Crippen molar-refractivity contribution < 1.29 is 8.76 Å². The largest absolute Gasteiger partial charge is 0.305 e. The van der Waals surface area contributed by atoms with E-state index in [0.29, 0.717) is 0 Å². The van der Waals surface area contributed by atoms with Crippen molar-refractivity contribution in [1.29, 1.82) is 0 Å². The van der Waals surface area contributed by atoms with Crippen molar-refractivity contribution in [3.63, 3.8) is 0 Å². The average Bonchev–Trinajstić information content (AvgIpc) is 2.06. The van der Waals surface area contributed by atoms with Gasteiger partial charge in [0.25, 0.3) is 0 Å². The highest BCUT2D eigenvalue weighted by atomic mass is 32.2. The molecule has 1 rings (SSSR count). The monoisotopic (exact) mass is 184 g/mol. The first-order valence-corrected chi connectivity index (χ1v) is 4.82.